The standard InChI is InChI=1S/C30H36N2O6/c1-31(15-13-21-7-12-26(34-2)27(17-21)35-3)14-6-16-38-24-10-8-23(9-11-24)32-20-22-18-28(36-4)29(37-5)19-25(22)30(32)33/h7-12,17-19H,6,13-16,20H2,1-5H3. The minimum absolute atomic E-state index is 0.0502. The van der Waals surface area contributed by atoms with E-state index in [-0.39, 0.29) is 5.91 Å². The van der Waals surface area contributed by atoms with Crippen molar-refractivity contribution in [3.05, 3.63) is 71.3 Å². The van der Waals surface area contributed by atoms with Crippen molar-refractivity contribution >= 4 is 11.6 Å². The third kappa shape index (κ3) is 6.14. The van der Waals surface area contributed by atoms with Gasteiger partial charge in [-0.25, -0.2) is 0 Å². The number of methoxy groups -OCH3 is 4. The van der Waals surface area contributed by atoms with Crippen molar-refractivity contribution in [2.45, 2.75) is 19.4 Å². The van der Waals surface area contributed by atoms with Crippen LogP contribution < -0.4 is 28.6 Å². The molecule has 0 aliphatic carbocycles. The molecule has 0 bridgehead atoms. The Balaban J connectivity index is 1.22. The molecule has 0 unspecified atom stereocenters. The van der Waals surface area contributed by atoms with Gasteiger partial charge in [-0.05, 0) is 79.5 Å². The predicted octanol–water partition coefficient (Wildman–Crippen LogP) is 4.82. The van der Waals surface area contributed by atoms with Crippen LogP contribution in [-0.4, -0.2) is 66.0 Å². The molecule has 0 atom stereocenters. The number of hydrogen-bond acceptors (Lipinski definition) is 7. The summed E-state index contributed by atoms with van der Waals surface area (Å²) in [6, 6.07) is 17.3. The van der Waals surface area contributed by atoms with Crippen LogP contribution in [0, 0.1) is 0 Å². The molecule has 202 valence electrons. The molecule has 3 aromatic rings. The maximum atomic E-state index is 13.0. The smallest absolute Gasteiger partial charge is 0.259 e. The summed E-state index contributed by atoms with van der Waals surface area (Å²) in [5.41, 5.74) is 3.59. The summed E-state index contributed by atoms with van der Waals surface area (Å²) in [5.74, 6) is 3.41. The van der Waals surface area contributed by atoms with Crippen molar-refractivity contribution in [2.24, 2.45) is 0 Å². The van der Waals surface area contributed by atoms with Gasteiger partial charge in [0.25, 0.3) is 5.91 Å². The molecule has 8 nitrogen and oxygen atoms in total. The number of anilines is 1. The first kappa shape index (κ1) is 27.1. The van der Waals surface area contributed by atoms with Gasteiger partial charge in [0.15, 0.2) is 23.0 Å². The highest BCUT2D eigenvalue weighted by molar-refractivity contribution is 6.10. The van der Waals surface area contributed by atoms with Crippen LogP contribution >= 0.6 is 0 Å². The van der Waals surface area contributed by atoms with E-state index in [0.717, 1.165) is 54.4 Å². The highest BCUT2D eigenvalue weighted by atomic mass is 16.5. The zero-order valence-electron chi connectivity index (χ0n) is 22.8. The Morgan fingerprint density at radius 3 is 2.13 bits per heavy atom. The third-order valence-electron chi connectivity index (χ3n) is 6.74. The van der Waals surface area contributed by atoms with Gasteiger partial charge in [0, 0.05) is 24.3 Å². The van der Waals surface area contributed by atoms with Crippen molar-refractivity contribution in [3.63, 3.8) is 0 Å². The first-order chi connectivity index (χ1) is 18.5. The van der Waals surface area contributed by atoms with Gasteiger partial charge in [0.05, 0.1) is 41.6 Å². The second-order valence-corrected chi connectivity index (χ2v) is 9.19. The lowest BCUT2D eigenvalue weighted by molar-refractivity contribution is 0.0996. The van der Waals surface area contributed by atoms with E-state index in [4.69, 9.17) is 23.7 Å². The number of ether oxygens (including phenoxy) is 5. The molecule has 0 radical (unpaired) electrons. The number of fused-ring (bicyclic) bond motifs is 1. The van der Waals surface area contributed by atoms with Gasteiger partial charge in [-0.15, -0.1) is 0 Å². The molecule has 0 saturated heterocycles. The molecule has 3 aromatic carbocycles. The Morgan fingerprint density at radius 1 is 0.789 bits per heavy atom. The summed E-state index contributed by atoms with van der Waals surface area (Å²) in [6.45, 7) is 2.98. The fourth-order valence-electron chi connectivity index (χ4n) is 4.56. The van der Waals surface area contributed by atoms with Crippen molar-refractivity contribution in [1.82, 2.24) is 4.90 Å². The average molecular weight is 521 g/mol. The van der Waals surface area contributed by atoms with Crippen LogP contribution in [0.15, 0.2) is 54.6 Å². The van der Waals surface area contributed by atoms with Gasteiger partial charge in [0.2, 0.25) is 0 Å². The highest BCUT2D eigenvalue weighted by Crippen LogP contribution is 2.37. The molecule has 1 aliphatic heterocycles. The van der Waals surface area contributed by atoms with Crippen molar-refractivity contribution in [3.8, 4) is 28.7 Å². The van der Waals surface area contributed by atoms with Crippen LogP contribution in [0.4, 0.5) is 5.69 Å². The third-order valence-corrected chi connectivity index (χ3v) is 6.74. The number of carbonyl (C=O) groups is 1. The van der Waals surface area contributed by atoms with E-state index in [1.165, 1.54) is 5.56 Å². The minimum Gasteiger partial charge on any atom is -0.494 e. The van der Waals surface area contributed by atoms with E-state index >= 15 is 0 Å². The quantitative estimate of drug-likeness (QED) is 0.299. The molecule has 0 aromatic heterocycles. The number of hydrogen-bond donors (Lipinski definition) is 0. The Bertz CT molecular complexity index is 1240. The van der Waals surface area contributed by atoms with Crippen LogP contribution in [0.5, 0.6) is 28.7 Å². The summed E-state index contributed by atoms with van der Waals surface area (Å²) in [4.78, 5) is 17.1. The normalized spacial score (nSPS) is 12.5. The van der Waals surface area contributed by atoms with Crippen LogP contribution in [0.25, 0.3) is 0 Å². The van der Waals surface area contributed by atoms with E-state index in [1.807, 2.05) is 42.5 Å². The largest absolute Gasteiger partial charge is 0.494 e. The lowest BCUT2D eigenvalue weighted by Gasteiger charge is -2.18. The van der Waals surface area contributed by atoms with Crippen LogP contribution in [0.1, 0.15) is 27.9 Å². The van der Waals surface area contributed by atoms with E-state index in [9.17, 15) is 4.79 Å². The van der Waals surface area contributed by atoms with E-state index in [1.54, 1.807) is 39.4 Å². The molecule has 8 heteroatoms. The number of likely N-dealkylation sites (N-methyl/N-ethyl adjacent to an activating group) is 1. The lowest BCUT2D eigenvalue weighted by Crippen LogP contribution is -2.24. The second kappa shape index (κ2) is 12.6. The number of carbonyl (C=O) groups excluding carboxylic acids is 1. The minimum atomic E-state index is -0.0502. The van der Waals surface area contributed by atoms with Gasteiger partial charge in [-0.1, -0.05) is 6.07 Å². The van der Waals surface area contributed by atoms with Gasteiger partial charge >= 0.3 is 0 Å². The molecule has 1 amide bonds. The molecule has 0 N–H and O–H groups in total. The molecule has 4 rings (SSSR count). The summed E-state index contributed by atoms with van der Waals surface area (Å²) in [7, 11) is 8.58. The molecule has 38 heavy (non-hydrogen) atoms. The number of nitrogens with zero attached hydrogens (tertiary/aromatic N) is 2. The van der Waals surface area contributed by atoms with Crippen molar-refractivity contribution in [2.75, 3.05) is 60.1 Å². The van der Waals surface area contributed by atoms with Crippen LogP contribution in [0.3, 0.4) is 0 Å². The maximum absolute atomic E-state index is 13.0. The fraction of sp³-hybridized carbons (Fsp3) is 0.367. The predicted molar refractivity (Wildman–Crippen MR) is 147 cm³/mol. The Kier molecular flexibility index (Phi) is 8.97. The summed E-state index contributed by atoms with van der Waals surface area (Å²) in [6.07, 6.45) is 1.84. The monoisotopic (exact) mass is 520 g/mol. The topological polar surface area (TPSA) is 69.7 Å². The molecule has 1 heterocycles. The molecular weight excluding hydrogens is 484 g/mol. The van der Waals surface area contributed by atoms with Gasteiger partial charge in [-0.3, -0.25) is 4.79 Å². The van der Waals surface area contributed by atoms with Crippen molar-refractivity contribution in [1.29, 1.82) is 0 Å². The number of amides is 1. The SMILES string of the molecule is COc1ccc(CCN(C)CCCOc2ccc(N3Cc4cc(OC)c(OC)cc4C3=O)cc2)cc1OC. The number of rotatable bonds is 13. The first-order valence-corrected chi connectivity index (χ1v) is 12.7. The van der Waals surface area contributed by atoms with Crippen LogP contribution in [0.2, 0.25) is 0 Å². The summed E-state index contributed by atoms with van der Waals surface area (Å²) in [5, 5.41) is 0. The molecule has 1 aliphatic rings. The summed E-state index contributed by atoms with van der Waals surface area (Å²) < 4.78 is 27.4. The second-order valence-electron chi connectivity index (χ2n) is 9.19. The maximum Gasteiger partial charge on any atom is 0.259 e. The van der Waals surface area contributed by atoms with Gasteiger partial charge < -0.3 is 33.5 Å². The Morgan fingerprint density at radius 2 is 1.45 bits per heavy atom. The van der Waals surface area contributed by atoms with Crippen LogP contribution in [-0.2, 0) is 13.0 Å². The number of benzene rings is 3. The lowest BCUT2D eigenvalue weighted by atomic mass is 10.1. The first-order valence-electron chi connectivity index (χ1n) is 12.7. The van der Waals surface area contributed by atoms with Gasteiger partial charge in [-0.2, -0.15) is 0 Å². The molecule has 0 fully saturated rings. The fourth-order valence-corrected chi connectivity index (χ4v) is 4.56. The highest BCUT2D eigenvalue weighted by Gasteiger charge is 2.30. The Labute approximate surface area is 224 Å². The zero-order chi connectivity index (χ0) is 27.1. The Hall–Kier alpha value is -3.91. The van der Waals surface area contributed by atoms with Crippen molar-refractivity contribution < 1.29 is 28.5 Å². The van der Waals surface area contributed by atoms with E-state index in [0.29, 0.717) is 30.2 Å². The van der Waals surface area contributed by atoms with Gasteiger partial charge in [0.1, 0.15) is 5.75 Å². The molecular formula is C30H36N2O6. The summed E-state index contributed by atoms with van der Waals surface area (Å²) >= 11 is 0. The molecule has 0 spiro atoms. The van der Waals surface area contributed by atoms with E-state index < -0.39 is 0 Å². The molecule has 0 saturated carbocycles. The zero-order valence-corrected chi connectivity index (χ0v) is 22.8. The van der Waals surface area contributed by atoms with E-state index in [2.05, 4.69) is 18.0 Å². The average Bonchev–Trinajstić information content (AvgIpc) is 3.28.